The van der Waals surface area contributed by atoms with Crippen molar-refractivity contribution in [3.05, 3.63) is 59.7 Å². The number of nitrogens with one attached hydrogen (secondary N) is 1. The lowest BCUT2D eigenvalue weighted by molar-refractivity contribution is -0.127. The van der Waals surface area contributed by atoms with Crippen LogP contribution >= 0.6 is 0 Å². The first-order valence-corrected chi connectivity index (χ1v) is 12.6. The summed E-state index contributed by atoms with van der Waals surface area (Å²) in [5, 5.41) is 0. The van der Waals surface area contributed by atoms with Crippen LogP contribution in [-0.4, -0.2) is 52.6 Å². The molecular weight excluding hydrogens is 440 g/mol. The fraction of sp³-hybridized carbons (Fsp3) is 0.400. The number of ether oxygens (including phenoxy) is 2. The van der Waals surface area contributed by atoms with E-state index in [-0.39, 0.29) is 16.7 Å². The summed E-state index contributed by atoms with van der Waals surface area (Å²) in [6.07, 6.45) is 5.03. The number of aryl methyl sites for hydroxylation is 1. The normalized spacial score (nSPS) is 16.7. The quantitative estimate of drug-likeness (QED) is 0.564. The number of sulfonamides is 1. The van der Waals surface area contributed by atoms with Gasteiger partial charge in [-0.15, -0.1) is 0 Å². The van der Waals surface area contributed by atoms with Gasteiger partial charge in [-0.1, -0.05) is 23.8 Å². The van der Waals surface area contributed by atoms with Crippen molar-refractivity contribution in [2.45, 2.75) is 31.6 Å². The van der Waals surface area contributed by atoms with Gasteiger partial charge in [-0.2, -0.15) is 0 Å². The molecule has 33 heavy (non-hydrogen) atoms. The van der Waals surface area contributed by atoms with Crippen LogP contribution < -0.4 is 14.2 Å². The van der Waals surface area contributed by atoms with Crippen LogP contribution in [0.5, 0.6) is 11.5 Å². The molecule has 3 rings (SSSR count). The minimum atomic E-state index is -3.56. The van der Waals surface area contributed by atoms with Crippen molar-refractivity contribution in [2.24, 2.45) is 5.92 Å². The molecule has 2 aromatic rings. The molecule has 1 N–H and O–H groups in total. The first-order valence-electron chi connectivity index (χ1n) is 11.2. The van der Waals surface area contributed by atoms with Gasteiger partial charge >= 0.3 is 0 Å². The van der Waals surface area contributed by atoms with Gasteiger partial charge in [0.25, 0.3) is 0 Å². The molecule has 1 amide bonds. The summed E-state index contributed by atoms with van der Waals surface area (Å²) < 4.78 is 38.7. The van der Waals surface area contributed by atoms with Crippen LogP contribution in [0.4, 0.5) is 0 Å². The molecule has 8 heteroatoms. The maximum atomic E-state index is 12.7. The van der Waals surface area contributed by atoms with Crippen molar-refractivity contribution in [3.63, 3.8) is 0 Å². The van der Waals surface area contributed by atoms with Crippen LogP contribution in [0.25, 0.3) is 6.08 Å². The molecule has 178 valence electrons. The number of piperidine rings is 1. The highest BCUT2D eigenvalue weighted by Crippen LogP contribution is 2.28. The number of methoxy groups -OCH3 is 1. The Morgan fingerprint density at radius 2 is 1.94 bits per heavy atom. The van der Waals surface area contributed by atoms with E-state index in [9.17, 15) is 13.2 Å². The number of rotatable bonds is 9. The second kappa shape index (κ2) is 11.3. The van der Waals surface area contributed by atoms with E-state index >= 15 is 0 Å². The second-order valence-corrected chi connectivity index (χ2v) is 9.90. The maximum Gasteiger partial charge on any atom is 0.246 e. The monoisotopic (exact) mass is 472 g/mol. The van der Waals surface area contributed by atoms with E-state index in [1.807, 2.05) is 32.0 Å². The van der Waals surface area contributed by atoms with Gasteiger partial charge in [0.1, 0.15) is 0 Å². The lowest BCUT2D eigenvalue weighted by Crippen LogP contribution is -2.43. The van der Waals surface area contributed by atoms with E-state index in [2.05, 4.69) is 4.72 Å². The first-order chi connectivity index (χ1) is 15.8. The molecule has 1 unspecified atom stereocenters. The molecule has 2 aromatic carbocycles. The van der Waals surface area contributed by atoms with Gasteiger partial charge in [-0.3, -0.25) is 4.79 Å². The van der Waals surface area contributed by atoms with Crippen LogP contribution in [0.1, 0.15) is 30.9 Å². The van der Waals surface area contributed by atoms with Crippen LogP contribution in [0, 0.1) is 12.8 Å². The van der Waals surface area contributed by atoms with Crippen LogP contribution in [0.2, 0.25) is 0 Å². The Morgan fingerprint density at radius 1 is 1.18 bits per heavy atom. The van der Waals surface area contributed by atoms with E-state index < -0.39 is 10.0 Å². The number of benzene rings is 2. The van der Waals surface area contributed by atoms with Crippen molar-refractivity contribution in [3.8, 4) is 11.5 Å². The van der Waals surface area contributed by atoms with Gasteiger partial charge in [0.2, 0.25) is 15.9 Å². The number of carbonyl (C=O) groups excluding carboxylic acids is 1. The Morgan fingerprint density at radius 3 is 2.64 bits per heavy atom. The fourth-order valence-corrected chi connectivity index (χ4v) is 4.91. The van der Waals surface area contributed by atoms with Crippen LogP contribution in [-0.2, 0) is 14.8 Å². The first kappa shape index (κ1) is 24.8. The molecule has 1 heterocycles. The van der Waals surface area contributed by atoms with Crippen molar-refractivity contribution in [1.82, 2.24) is 9.62 Å². The highest BCUT2D eigenvalue weighted by molar-refractivity contribution is 7.89. The molecule has 1 saturated heterocycles. The van der Waals surface area contributed by atoms with Gasteiger partial charge in [-0.05, 0) is 68.5 Å². The van der Waals surface area contributed by atoms with Crippen molar-refractivity contribution in [2.75, 3.05) is 33.4 Å². The Hall–Kier alpha value is -2.84. The van der Waals surface area contributed by atoms with Crippen LogP contribution in [0.3, 0.4) is 0 Å². The lowest BCUT2D eigenvalue weighted by atomic mass is 9.98. The average Bonchev–Trinajstić information content (AvgIpc) is 2.82. The van der Waals surface area contributed by atoms with Crippen LogP contribution in [0.15, 0.2) is 53.4 Å². The van der Waals surface area contributed by atoms with Gasteiger partial charge < -0.3 is 14.4 Å². The summed E-state index contributed by atoms with van der Waals surface area (Å²) >= 11 is 0. The zero-order valence-corrected chi connectivity index (χ0v) is 20.2. The summed E-state index contributed by atoms with van der Waals surface area (Å²) in [4.78, 5) is 14.8. The zero-order chi connectivity index (χ0) is 23.8. The number of hydrogen-bond donors (Lipinski definition) is 1. The summed E-state index contributed by atoms with van der Waals surface area (Å²) in [6, 6.07) is 12.3. The molecule has 0 aromatic heterocycles. The SMILES string of the molecule is CCOc1cc(/C=C/C(=O)N2CCCC(CNS(=O)(=O)c3ccc(C)cc3)C2)ccc1OC. The average molecular weight is 473 g/mol. The van der Waals surface area contributed by atoms with Gasteiger partial charge in [-0.25, -0.2) is 13.1 Å². The Kier molecular flexibility index (Phi) is 8.52. The van der Waals surface area contributed by atoms with Gasteiger partial charge in [0, 0.05) is 25.7 Å². The second-order valence-electron chi connectivity index (χ2n) is 8.13. The molecule has 7 nitrogen and oxygen atoms in total. The van der Waals surface area contributed by atoms with Crippen molar-refractivity contribution < 1.29 is 22.7 Å². The third-order valence-corrected chi connectivity index (χ3v) is 7.07. The predicted molar refractivity (Wildman–Crippen MR) is 129 cm³/mol. The zero-order valence-electron chi connectivity index (χ0n) is 19.4. The summed E-state index contributed by atoms with van der Waals surface area (Å²) in [5.74, 6) is 1.26. The van der Waals surface area contributed by atoms with Crippen molar-refractivity contribution >= 4 is 22.0 Å². The largest absolute Gasteiger partial charge is 0.493 e. The van der Waals surface area contributed by atoms with Crippen molar-refractivity contribution in [1.29, 1.82) is 0 Å². The molecule has 0 bridgehead atoms. The predicted octanol–water partition coefficient (Wildman–Crippen LogP) is 3.63. The third kappa shape index (κ3) is 6.82. The summed E-state index contributed by atoms with van der Waals surface area (Å²) in [6.45, 7) is 5.83. The minimum absolute atomic E-state index is 0.0712. The Labute approximate surface area is 196 Å². The van der Waals surface area contributed by atoms with E-state index in [0.717, 1.165) is 24.0 Å². The number of likely N-dealkylation sites (tertiary alicyclic amines) is 1. The number of hydrogen-bond acceptors (Lipinski definition) is 5. The Balaban J connectivity index is 1.58. The molecule has 0 aliphatic carbocycles. The summed E-state index contributed by atoms with van der Waals surface area (Å²) in [7, 11) is -1.98. The number of carbonyl (C=O) groups is 1. The van der Waals surface area contributed by atoms with E-state index in [1.165, 1.54) is 0 Å². The third-order valence-electron chi connectivity index (χ3n) is 5.63. The molecule has 1 atom stereocenters. The maximum absolute atomic E-state index is 12.7. The minimum Gasteiger partial charge on any atom is -0.493 e. The Bertz CT molecular complexity index is 1080. The van der Waals surface area contributed by atoms with E-state index in [4.69, 9.17) is 9.47 Å². The molecule has 0 saturated carbocycles. The van der Waals surface area contributed by atoms with E-state index in [1.54, 1.807) is 48.4 Å². The highest BCUT2D eigenvalue weighted by atomic mass is 32.2. The fourth-order valence-electron chi connectivity index (χ4n) is 3.80. The molecule has 0 spiro atoms. The van der Waals surface area contributed by atoms with Gasteiger partial charge in [0.05, 0.1) is 18.6 Å². The van der Waals surface area contributed by atoms with E-state index in [0.29, 0.717) is 37.7 Å². The molecular formula is C25H32N2O5S. The lowest BCUT2D eigenvalue weighted by Gasteiger charge is -2.32. The highest BCUT2D eigenvalue weighted by Gasteiger charge is 2.24. The number of amides is 1. The smallest absolute Gasteiger partial charge is 0.246 e. The van der Waals surface area contributed by atoms with Gasteiger partial charge in [0.15, 0.2) is 11.5 Å². The standard InChI is InChI=1S/C25H32N2O5S/c1-4-32-24-16-20(9-13-23(24)31-3)10-14-25(28)27-15-5-6-21(18-27)17-26-33(29,30)22-11-7-19(2)8-12-22/h7-14,16,21,26H,4-6,15,17-18H2,1-3H3/b14-10+. The molecule has 1 aliphatic rings. The molecule has 1 fully saturated rings. The molecule has 0 radical (unpaired) electrons. The topological polar surface area (TPSA) is 84.9 Å². The molecule has 1 aliphatic heterocycles. The summed E-state index contributed by atoms with van der Waals surface area (Å²) in [5.41, 5.74) is 1.85. The number of nitrogens with zero attached hydrogens (tertiary/aromatic N) is 1.